The number of nitrogens with one attached hydrogen (secondary N) is 3. The number of aliphatic imine (C=N–C) groups is 1. The number of guanidine groups is 1. The van der Waals surface area contributed by atoms with Gasteiger partial charge in [0.25, 0.3) is 0 Å². The number of benzene rings is 1. The summed E-state index contributed by atoms with van der Waals surface area (Å²) < 4.78 is 5.50. The molecule has 2 aromatic rings. The summed E-state index contributed by atoms with van der Waals surface area (Å²) in [6, 6.07) is 9.89. The van der Waals surface area contributed by atoms with Crippen LogP contribution in [0.3, 0.4) is 0 Å². The van der Waals surface area contributed by atoms with Crippen LogP contribution < -0.4 is 16.0 Å². The third-order valence-corrected chi connectivity index (χ3v) is 3.33. The molecule has 0 fully saturated rings. The maximum absolute atomic E-state index is 11.6. The van der Waals surface area contributed by atoms with Gasteiger partial charge in [-0.25, -0.2) is 4.98 Å². The Morgan fingerprint density at radius 2 is 2.00 bits per heavy atom. The van der Waals surface area contributed by atoms with Gasteiger partial charge >= 0.3 is 0 Å². The molecule has 0 unspecified atom stereocenters. The molecule has 0 saturated heterocycles. The van der Waals surface area contributed by atoms with Crippen molar-refractivity contribution >= 4 is 11.9 Å². The molecule has 0 aliphatic heterocycles. The van der Waals surface area contributed by atoms with Crippen molar-refractivity contribution < 1.29 is 9.21 Å². The molecule has 0 saturated carbocycles. The van der Waals surface area contributed by atoms with Crippen LogP contribution >= 0.6 is 0 Å². The minimum Gasteiger partial charge on any atom is -0.444 e. The van der Waals surface area contributed by atoms with Gasteiger partial charge in [-0.15, -0.1) is 0 Å². The molecular formula is C18H25N5O2. The zero-order valence-corrected chi connectivity index (χ0v) is 14.9. The zero-order valence-electron chi connectivity index (χ0n) is 14.9. The number of oxazole rings is 1. The number of aromatic nitrogens is 1. The summed E-state index contributed by atoms with van der Waals surface area (Å²) in [5.41, 5.74) is 1.71. The molecule has 0 atom stereocenters. The molecule has 0 radical (unpaired) electrons. The third kappa shape index (κ3) is 6.29. The van der Waals surface area contributed by atoms with Crippen LogP contribution in [0.25, 0.3) is 11.5 Å². The summed E-state index contributed by atoms with van der Waals surface area (Å²) in [5, 5.41) is 9.10. The van der Waals surface area contributed by atoms with E-state index in [0.717, 1.165) is 11.3 Å². The second-order valence-electron chi connectivity index (χ2n) is 5.83. The Labute approximate surface area is 147 Å². The number of nitrogens with zero attached hydrogens (tertiary/aromatic N) is 2. The summed E-state index contributed by atoms with van der Waals surface area (Å²) in [7, 11) is 1.68. The average Bonchev–Trinajstić information content (AvgIpc) is 3.07. The lowest BCUT2D eigenvalue weighted by Crippen LogP contribution is -2.39. The highest BCUT2D eigenvalue weighted by Crippen LogP contribution is 2.17. The molecule has 3 N–H and O–H groups in total. The number of rotatable bonds is 7. The molecule has 1 aromatic heterocycles. The van der Waals surface area contributed by atoms with Crippen molar-refractivity contribution in [3.8, 4) is 11.5 Å². The standard InChI is InChI=1S/C18H25N5O2/c1-13(2)22-16(24)9-10-20-18(19-3)21-11-15-12-25-17(23-15)14-7-5-4-6-8-14/h4-8,12-13H,9-11H2,1-3H3,(H,22,24)(H2,19,20,21). The molecule has 0 bridgehead atoms. The van der Waals surface area contributed by atoms with Gasteiger partial charge in [-0.3, -0.25) is 9.79 Å². The fourth-order valence-corrected chi connectivity index (χ4v) is 2.18. The Kier molecular flexibility index (Phi) is 7.00. The molecule has 0 aliphatic rings. The van der Waals surface area contributed by atoms with Crippen LogP contribution in [-0.2, 0) is 11.3 Å². The molecule has 1 aromatic carbocycles. The van der Waals surface area contributed by atoms with E-state index in [9.17, 15) is 4.79 Å². The van der Waals surface area contributed by atoms with Crippen molar-refractivity contribution in [2.24, 2.45) is 4.99 Å². The summed E-state index contributed by atoms with van der Waals surface area (Å²) in [6.45, 7) is 4.86. The molecular weight excluding hydrogens is 318 g/mol. The number of hydrogen-bond acceptors (Lipinski definition) is 4. The van der Waals surface area contributed by atoms with E-state index in [1.54, 1.807) is 13.3 Å². The van der Waals surface area contributed by atoms with Crippen LogP contribution in [0.5, 0.6) is 0 Å². The molecule has 2 rings (SSSR count). The highest BCUT2D eigenvalue weighted by atomic mass is 16.3. The van der Waals surface area contributed by atoms with E-state index in [-0.39, 0.29) is 11.9 Å². The maximum atomic E-state index is 11.6. The first-order chi connectivity index (χ1) is 12.1. The Bertz CT molecular complexity index is 695. The Morgan fingerprint density at radius 3 is 2.68 bits per heavy atom. The predicted molar refractivity (Wildman–Crippen MR) is 98.0 cm³/mol. The minimum atomic E-state index is 0.0157. The van der Waals surface area contributed by atoms with E-state index in [4.69, 9.17) is 4.42 Å². The molecule has 25 heavy (non-hydrogen) atoms. The summed E-state index contributed by atoms with van der Waals surface area (Å²) >= 11 is 0. The largest absolute Gasteiger partial charge is 0.444 e. The first-order valence-electron chi connectivity index (χ1n) is 8.32. The van der Waals surface area contributed by atoms with E-state index >= 15 is 0 Å². The average molecular weight is 343 g/mol. The predicted octanol–water partition coefficient (Wildman–Crippen LogP) is 1.92. The van der Waals surface area contributed by atoms with Gasteiger partial charge in [0, 0.05) is 31.6 Å². The van der Waals surface area contributed by atoms with Gasteiger partial charge in [-0.1, -0.05) is 18.2 Å². The van der Waals surface area contributed by atoms with Crippen molar-refractivity contribution in [1.29, 1.82) is 0 Å². The lowest BCUT2D eigenvalue weighted by Gasteiger charge is -2.12. The van der Waals surface area contributed by atoms with Gasteiger partial charge in [0.15, 0.2) is 5.96 Å². The fraction of sp³-hybridized carbons (Fsp3) is 0.389. The lowest BCUT2D eigenvalue weighted by molar-refractivity contribution is -0.121. The fourth-order valence-electron chi connectivity index (χ4n) is 2.18. The summed E-state index contributed by atoms with van der Waals surface area (Å²) in [4.78, 5) is 20.2. The Morgan fingerprint density at radius 1 is 1.24 bits per heavy atom. The monoisotopic (exact) mass is 343 g/mol. The van der Waals surface area contributed by atoms with Crippen molar-refractivity contribution in [2.45, 2.75) is 32.9 Å². The van der Waals surface area contributed by atoms with E-state index in [2.05, 4.69) is 25.9 Å². The van der Waals surface area contributed by atoms with Gasteiger partial charge in [-0.05, 0) is 26.0 Å². The Hall–Kier alpha value is -2.83. The summed E-state index contributed by atoms with van der Waals surface area (Å²) in [6.07, 6.45) is 2.01. The highest BCUT2D eigenvalue weighted by molar-refractivity contribution is 5.81. The lowest BCUT2D eigenvalue weighted by atomic mass is 10.2. The van der Waals surface area contributed by atoms with Gasteiger partial charge < -0.3 is 20.4 Å². The van der Waals surface area contributed by atoms with Crippen LogP contribution in [0.4, 0.5) is 0 Å². The topological polar surface area (TPSA) is 91.5 Å². The molecule has 7 nitrogen and oxygen atoms in total. The van der Waals surface area contributed by atoms with Gasteiger partial charge in [0.2, 0.25) is 11.8 Å². The number of carbonyl (C=O) groups excluding carboxylic acids is 1. The van der Waals surface area contributed by atoms with Crippen molar-refractivity contribution in [2.75, 3.05) is 13.6 Å². The van der Waals surface area contributed by atoms with Crippen molar-refractivity contribution in [3.63, 3.8) is 0 Å². The number of carbonyl (C=O) groups is 1. The van der Waals surface area contributed by atoms with Crippen molar-refractivity contribution in [3.05, 3.63) is 42.3 Å². The first kappa shape index (κ1) is 18.5. The molecule has 7 heteroatoms. The van der Waals surface area contributed by atoms with E-state index < -0.39 is 0 Å². The molecule has 1 amide bonds. The van der Waals surface area contributed by atoms with Gasteiger partial charge in [-0.2, -0.15) is 0 Å². The smallest absolute Gasteiger partial charge is 0.226 e. The summed E-state index contributed by atoms with van der Waals surface area (Å²) in [5.74, 6) is 1.22. The second kappa shape index (κ2) is 9.46. The first-order valence-corrected chi connectivity index (χ1v) is 8.32. The van der Waals surface area contributed by atoms with E-state index in [0.29, 0.717) is 31.4 Å². The number of amides is 1. The highest BCUT2D eigenvalue weighted by Gasteiger charge is 2.07. The normalized spacial score (nSPS) is 11.4. The SMILES string of the molecule is CN=C(NCCC(=O)NC(C)C)NCc1coc(-c2ccccc2)n1. The number of hydrogen-bond donors (Lipinski definition) is 3. The molecule has 0 aliphatic carbocycles. The van der Waals surface area contributed by atoms with Crippen molar-refractivity contribution in [1.82, 2.24) is 20.9 Å². The Balaban J connectivity index is 1.77. The van der Waals surface area contributed by atoms with Crippen LogP contribution in [0.1, 0.15) is 26.0 Å². The molecule has 0 spiro atoms. The molecule has 1 heterocycles. The zero-order chi connectivity index (χ0) is 18.1. The second-order valence-corrected chi connectivity index (χ2v) is 5.83. The van der Waals surface area contributed by atoms with Gasteiger partial charge in [0.1, 0.15) is 6.26 Å². The van der Waals surface area contributed by atoms with E-state index in [1.165, 1.54) is 0 Å². The minimum absolute atomic E-state index is 0.0157. The maximum Gasteiger partial charge on any atom is 0.226 e. The van der Waals surface area contributed by atoms with Crippen LogP contribution in [0, 0.1) is 0 Å². The van der Waals surface area contributed by atoms with Crippen LogP contribution in [0.15, 0.2) is 46.0 Å². The third-order valence-electron chi connectivity index (χ3n) is 3.33. The van der Waals surface area contributed by atoms with Gasteiger partial charge in [0.05, 0.1) is 12.2 Å². The quantitative estimate of drug-likeness (QED) is 0.528. The van der Waals surface area contributed by atoms with Crippen LogP contribution in [-0.4, -0.2) is 36.5 Å². The molecule has 134 valence electrons. The van der Waals surface area contributed by atoms with E-state index in [1.807, 2.05) is 44.2 Å². The van der Waals surface area contributed by atoms with Crippen LogP contribution in [0.2, 0.25) is 0 Å².